The molecule has 0 saturated carbocycles. The zero-order valence-electron chi connectivity index (χ0n) is 9.86. The second kappa shape index (κ2) is 4.90. The van der Waals surface area contributed by atoms with Crippen LogP contribution in [0.5, 0.6) is 0 Å². The van der Waals surface area contributed by atoms with Gasteiger partial charge in [0.1, 0.15) is 0 Å². The Balaban J connectivity index is 2.40. The molecule has 0 aromatic heterocycles. The first-order valence-electron chi connectivity index (χ1n) is 5.62. The summed E-state index contributed by atoms with van der Waals surface area (Å²) in [6.07, 6.45) is 1.85. The standard InChI is InChI=1S/C15H15ClSi/c1-3-13-9-11-15(12-10-13)17(2,16)14-7-5-4-6-8-14/h3-12H,1H2,2H3. The summed E-state index contributed by atoms with van der Waals surface area (Å²) in [5.41, 5.74) is 1.13. The van der Waals surface area contributed by atoms with Crippen molar-refractivity contribution in [1.29, 1.82) is 0 Å². The minimum absolute atomic E-state index is 1.13. The molecule has 2 aromatic carbocycles. The van der Waals surface area contributed by atoms with Crippen molar-refractivity contribution < 1.29 is 0 Å². The molecule has 0 nitrogen and oxygen atoms in total. The SMILES string of the molecule is C=Cc1ccc([Si](C)(Cl)c2ccccc2)cc1. The fourth-order valence-electron chi connectivity index (χ4n) is 1.85. The first-order valence-corrected chi connectivity index (χ1v) is 9.13. The van der Waals surface area contributed by atoms with Crippen LogP contribution in [0.25, 0.3) is 6.08 Å². The van der Waals surface area contributed by atoms with E-state index in [1.54, 1.807) is 0 Å². The minimum atomic E-state index is -2.05. The summed E-state index contributed by atoms with van der Waals surface area (Å²) in [7, 11) is -2.05. The third-order valence-electron chi connectivity index (χ3n) is 3.00. The van der Waals surface area contributed by atoms with Gasteiger partial charge in [0.2, 0.25) is 7.38 Å². The van der Waals surface area contributed by atoms with E-state index in [1.807, 2.05) is 24.3 Å². The Morgan fingerprint density at radius 3 is 2.00 bits per heavy atom. The molecule has 0 amide bonds. The molecule has 86 valence electrons. The van der Waals surface area contributed by atoms with Crippen LogP contribution in [0.1, 0.15) is 5.56 Å². The van der Waals surface area contributed by atoms with Gasteiger partial charge in [0, 0.05) is 0 Å². The van der Waals surface area contributed by atoms with Crippen LogP contribution >= 0.6 is 11.1 Å². The van der Waals surface area contributed by atoms with Crippen LogP contribution in [0.3, 0.4) is 0 Å². The molecule has 2 aromatic rings. The van der Waals surface area contributed by atoms with Gasteiger partial charge >= 0.3 is 0 Å². The lowest BCUT2D eigenvalue weighted by Gasteiger charge is -2.20. The van der Waals surface area contributed by atoms with Crippen molar-refractivity contribution in [3.8, 4) is 0 Å². The quantitative estimate of drug-likeness (QED) is 0.586. The van der Waals surface area contributed by atoms with Crippen molar-refractivity contribution in [2.75, 3.05) is 0 Å². The van der Waals surface area contributed by atoms with Crippen molar-refractivity contribution in [1.82, 2.24) is 0 Å². The predicted molar refractivity (Wildman–Crippen MR) is 79.7 cm³/mol. The summed E-state index contributed by atoms with van der Waals surface area (Å²) in [6.45, 7) is 5.92. The summed E-state index contributed by atoms with van der Waals surface area (Å²) < 4.78 is 0. The molecule has 0 aliphatic rings. The summed E-state index contributed by atoms with van der Waals surface area (Å²) in [6, 6.07) is 18.7. The molecule has 0 aliphatic carbocycles. The molecule has 0 bridgehead atoms. The van der Waals surface area contributed by atoms with Crippen molar-refractivity contribution >= 4 is 34.9 Å². The molecule has 1 atom stereocenters. The van der Waals surface area contributed by atoms with Crippen molar-refractivity contribution in [3.05, 3.63) is 66.7 Å². The Labute approximate surface area is 108 Å². The van der Waals surface area contributed by atoms with Crippen molar-refractivity contribution in [2.45, 2.75) is 6.55 Å². The maximum absolute atomic E-state index is 6.80. The number of halogens is 1. The second-order valence-corrected chi connectivity index (χ2v) is 9.62. The molecule has 0 aliphatic heterocycles. The first kappa shape index (κ1) is 12.2. The van der Waals surface area contributed by atoms with E-state index in [1.165, 1.54) is 10.4 Å². The Morgan fingerprint density at radius 1 is 0.941 bits per heavy atom. The molecular weight excluding hydrogens is 244 g/mol. The van der Waals surface area contributed by atoms with Gasteiger partial charge in [-0.15, -0.1) is 0 Å². The Hall–Kier alpha value is -1.31. The second-order valence-electron chi connectivity index (χ2n) is 4.20. The smallest absolute Gasteiger partial charge is 0.155 e. The lowest BCUT2D eigenvalue weighted by Crippen LogP contribution is -2.50. The van der Waals surface area contributed by atoms with Crippen molar-refractivity contribution in [3.63, 3.8) is 0 Å². The summed E-state index contributed by atoms with van der Waals surface area (Å²) in [5, 5.41) is 2.48. The normalized spacial score (nSPS) is 14.0. The highest BCUT2D eigenvalue weighted by molar-refractivity contribution is 7.33. The van der Waals surface area contributed by atoms with Gasteiger partial charge in [-0.25, -0.2) is 0 Å². The van der Waals surface area contributed by atoms with Crippen LogP contribution < -0.4 is 10.4 Å². The van der Waals surface area contributed by atoms with Crippen LogP contribution in [-0.2, 0) is 0 Å². The minimum Gasteiger partial charge on any atom is -0.155 e. The van der Waals surface area contributed by atoms with Gasteiger partial charge in [0.15, 0.2) is 0 Å². The monoisotopic (exact) mass is 258 g/mol. The fourth-order valence-corrected chi connectivity index (χ4v) is 4.55. The van der Waals surface area contributed by atoms with Crippen LogP contribution in [0.4, 0.5) is 0 Å². The molecule has 2 rings (SSSR count). The van der Waals surface area contributed by atoms with Gasteiger partial charge in [-0.05, 0) is 22.5 Å². The number of hydrogen-bond donors (Lipinski definition) is 0. The zero-order chi connectivity index (χ0) is 12.3. The Bertz CT molecular complexity index is 500. The molecule has 2 heteroatoms. The maximum atomic E-state index is 6.80. The molecule has 0 heterocycles. The highest BCUT2D eigenvalue weighted by Gasteiger charge is 2.29. The van der Waals surface area contributed by atoms with Crippen molar-refractivity contribution in [2.24, 2.45) is 0 Å². The Morgan fingerprint density at radius 2 is 1.47 bits per heavy atom. The fraction of sp³-hybridized carbons (Fsp3) is 0.0667. The third kappa shape index (κ3) is 2.51. The van der Waals surface area contributed by atoms with E-state index in [2.05, 4.69) is 49.5 Å². The first-order chi connectivity index (χ1) is 8.14. The van der Waals surface area contributed by atoms with E-state index in [-0.39, 0.29) is 0 Å². The van der Waals surface area contributed by atoms with Gasteiger partial charge in [-0.3, -0.25) is 0 Å². The highest BCUT2D eigenvalue weighted by Crippen LogP contribution is 2.11. The van der Waals surface area contributed by atoms with Gasteiger partial charge in [-0.1, -0.05) is 67.3 Å². The van der Waals surface area contributed by atoms with Crippen LogP contribution in [-0.4, -0.2) is 7.38 Å². The molecule has 0 fully saturated rings. The summed E-state index contributed by atoms with van der Waals surface area (Å²) in [5.74, 6) is 0. The van der Waals surface area contributed by atoms with Crippen LogP contribution in [0.2, 0.25) is 6.55 Å². The van der Waals surface area contributed by atoms with E-state index in [4.69, 9.17) is 11.1 Å². The molecule has 1 unspecified atom stereocenters. The van der Waals surface area contributed by atoms with E-state index in [0.717, 1.165) is 5.56 Å². The van der Waals surface area contributed by atoms with Gasteiger partial charge < -0.3 is 0 Å². The zero-order valence-corrected chi connectivity index (χ0v) is 11.6. The topological polar surface area (TPSA) is 0 Å². The maximum Gasteiger partial charge on any atom is 0.214 e. The van der Waals surface area contributed by atoms with Gasteiger partial charge in [0.05, 0.1) is 0 Å². The highest BCUT2D eigenvalue weighted by atomic mass is 35.6. The largest absolute Gasteiger partial charge is 0.214 e. The molecule has 0 N–H and O–H groups in total. The lowest BCUT2D eigenvalue weighted by molar-refractivity contribution is 1.68. The average molecular weight is 259 g/mol. The molecular formula is C15H15ClSi. The van der Waals surface area contributed by atoms with Crippen LogP contribution in [0.15, 0.2) is 61.2 Å². The summed E-state index contributed by atoms with van der Waals surface area (Å²) in [4.78, 5) is 0. The molecule has 0 spiro atoms. The molecule has 0 radical (unpaired) electrons. The van der Waals surface area contributed by atoms with E-state index in [0.29, 0.717) is 0 Å². The number of hydrogen-bond acceptors (Lipinski definition) is 0. The van der Waals surface area contributed by atoms with Gasteiger partial charge in [0.25, 0.3) is 0 Å². The molecule has 17 heavy (non-hydrogen) atoms. The average Bonchev–Trinajstić information content (AvgIpc) is 2.40. The third-order valence-corrected chi connectivity index (χ3v) is 7.15. The molecule has 0 saturated heterocycles. The Kier molecular flexibility index (Phi) is 3.51. The van der Waals surface area contributed by atoms with E-state index < -0.39 is 7.38 Å². The van der Waals surface area contributed by atoms with Gasteiger partial charge in [-0.2, -0.15) is 11.1 Å². The van der Waals surface area contributed by atoms with Crippen LogP contribution in [0, 0.1) is 0 Å². The predicted octanol–water partition coefficient (Wildman–Crippen LogP) is 3.26. The number of rotatable bonds is 3. The van der Waals surface area contributed by atoms with E-state index in [9.17, 15) is 0 Å². The summed E-state index contributed by atoms with van der Waals surface area (Å²) >= 11 is 6.80. The lowest BCUT2D eigenvalue weighted by atomic mass is 10.2. The number of benzene rings is 2. The van der Waals surface area contributed by atoms with E-state index >= 15 is 0 Å².